The van der Waals surface area contributed by atoms with Crippen LogP contribution in [-0.2, 0) is 16.1 Å². The molecule has 120 valence electrons. The fourth-order valence-corrected chi connectivity index (χ4v) is 3.20. The predicted molar refractivity (Wildman–Crippen MR) is 85.0 cm³/mol. The maximum atomic E-state index is 12.0. The van der Waals surface area contributed by atoms with E-state index in [1.807, 2.05) is 44.2 Å². The maximum absolute atomic E-state index is 12.0. The quantitative estimate of drug-likeness (QED) is 0.847. The standard InChI is InChI=1S/C18H25NO3/c1-12-8-9-15(20)17(12)18(22)13(2)10-16(21)19-11-14-6-4-3-5-7-14/h3-7,12-13,17-18,22H,8-11H2,1-2H3,(H,19,21)/t12?,13-,17-,18-/m1/s1. The largest absolute Gasteiger partial charge is 0.392 e. The normalized spacial score (nSPS) is 24.0. The highest BCUT2D eigenvalue weighted by Crippen LogP contribution is 2.34. The van der Waals surface area contributed by atoms with Crippen LogP contribution in [0.3, 0.4) is 0 Å². The third kappa shape index (κ3) is 4.17. The number of benzene rings is 1. The van der Waals surface area contributed by atoms with Crippen molar-refractivity contribution in [2.45, 2.75) is 45.8 Å². The third-order valence-corrected chi connectivity index (χ3v) is 4.62. The first-order chi connectivity index (χ1) is 10.5. The number of hydrogen-bond acceptors (Lipinski definition) is 3. The lowest BCUT2D eigenvalue weighted by Gasteiger charge is -2.26. The van der Waals surface area contributed by atoms with Crippen molar-refractivity contribution in [3.05, 3.63) is 35.9 Å². The first-order valence-corrected chi connectivity index (χ1v) is 8.00. The monoisotopic (exact) mass is 303 g/mol. The summed E-state index contributed by atoms with van der Waals surface area (Å²) >= 11 is 0. The Morgan fingerprint density at radius 2 is 2.05 bits per heavy atom. The van der Waals surface area contributed by atoms with Gasteiger partial charge in [-0.3, -0.25) is 9.59 Å². The topological polar surface area (TPSA) is 66.4 Å². The molecule has 0 radical (unpaired) electrons. The first-order valence-electron chi connectivity index (χ1n) is 8.00. The molecule has 0 bridgehead atoms. The van der Waals surface area contributed by atoms with Gasteiger partial charge >= 0.3 is 0 Å². The molecule has 0 aliphatic heterocycles. The summed E-state index contributed by atoms with van der Waals surface area (Å²) in [6, 6.07) is 9.71. The van der Waals surface area contributed by atoms with E-state index in [4.69, 9.17) is 0 Å². The zero-order chi connectivity index (χ0) is 16.1. The van der Waals surface area contributed by atoms with Crippen LogP contribution in [0.5, 0.6) is 0 Å². The van der Waals surface area contributed by atoms with Crippen molar-refractivity contribution in [3.8, 4) is 0 Å². The molecule has 1 aromatic carbocycles. The van der Waals surface area contributed by atoms with Crippen LogP contribution in [0.25, 0.3) is 0 Å². The molecule has 2 rings (SSSR count). The van der Waals surface area contributed by atoms with Crippen molar-refractivity contribution in [2.24, 2.45) is 17.8 Å². The number of amides is 1. The van der Waals surface area contributed by atoms with Gasteiger partial charge in [-0.05, 0) is 23.8 Å². The highest BCUT2D eigenvalue weighted by atomic mass is 16.3. The molecule has 1 aliphatic rings. The summed E-state index contributed by atoms with van der Waals surface area (Å²) in [6.45, 7) is 4.33. The molecular formula is C18H25NO3. The Morgan fingerprint density at radius 3 is 2.64 bits per heavy atom. The van der Waals surface area contributed by atoms with Crippen molar-refractivity contribution < 1.29 is 14.7 Å². The van der Waals surface area contributed by atoms with Crippen molar-refractivity contribution in [1.82, 2.24) is 5.32 Å². The van der Waals surface area contributed by atoms with Crippen LogP contribution in [0.2, 0.25) is 0 Å². The first kappa shape index (κ1) is 16.7. The molecule has 4 nitrogen and oxygen atoms in total. The molecule has 1 amide bonds. The van der Waals surface area contributed by atoms with E-state index in [0.717, 1.165) is 12.0 Å². The highest BCUT2D eigenvalue weighted by molar-refractivity contribution is 5.84. The Hall–Kier alpha value is -1.68. The average molecular weight is 303 g/mol. The molecule has 1 aromatic rings. The lowest BCUT2D eigenvalue weighted by molar-refractivity contribution is -0.129. The summed E-state index contributed by atoms with van der Waals surface area (Å²) in [7, 11) is 0. The van der Waals surface area contributed by atoms with Gasteiger partial charge in [0, 0.05) is 25.3 Å². The van der Waals surface area contributed by atoms with E-state index < -0.39 is 6.10 Å². The molecule has 0 spiro atoms. The second kappa shape index (κ2) is 7.54. The lowest BCUT2D eigenvalue weighted by atomic mass is 9.83. The number of nitrogens with one attached hydrogen (secondary N) is 1. The number of carbonyl (C=O) groups is 2. The van der Waals surface area contributed by atoms with Crippen molar-refractivity contribution in [2.75, 3.05) is 0 Å². The fourth-order valence-electron chi connectivity index (χ4n) is 3.20. The number of rotatable bonds is 6. The van der Waals surface area contributed by atoms with E-state index in [9.17, 15) is 14.7 Å². The Bertz CT molecular complexity index is 514. The minimum absolute atomic E-state index is 0.0893. The lowest BCUT2D eigenvalue weighted by Crippen LogP contribution is -2.36. The van der Waals surface area contributed by atoms with Gasteiger partial charge < -0.3 is 10.4 Å². The second-order valence-electron chi connectivity index (χ2n) is 6.44. The van der Waals surface area contributed by atoms with Gasteiger partial charge in [0.05, 0.1) is 6.10 Å². The van der Waals surface area contributed by atoms with Gasteiger partial charge in [-0.2, -0.15) is 0 Å². The molecule has 2 N–H and O–H groups in total. The maximum Gasteiger partial charge on any atom is 0.220 e. The molecule has 1 aliphatic carbocycles. The summed E-state index contributed by atoms with van der Waals surface area (Å²) in [5.74, 6) is -0.274. The minimum atomic E-state index is -0.729. The number of hydrogen-bond donors (Lipinski definition) is 2. The molecule has 0 heterocycles. The van der Waals surface area contributed by atoms with E-state index in [-0.39, 0.29) is 35.9 Å². The number of Topliss-reactive ketones (excluding diaryl/α,β-unsaturated/α-hetero) is 1. The van der Waals surface area contributed by atoms with Crippen LogP contribution in [0.1, 0.15) is 38.7 Å². The molecule has 22 heavy (non-hydrogen) atoms. The van der Waals surface area contributed by atoms with Crippen molar-refractivity contribution in [1.29, 1.82) is 0 Å². The van der Waals surface area contributed by atoms with Crippen LogP contribution in [0.4, 0.5) is 0 Å². The Labute approximate surface area is 131 Å². The summed E-state index contributed by atoms with van der Waals surface area (Å²) < 4.78 is 0. The van der Waals surface area contributed by atoms with Gasteiger partial charge in [0.1, 0.15) is 5.78 Å². The van der Waals surface area contributed by atoms with E-state index in [1.54, 1.807) is 0 Å². The van der Waals surface area contributed by atoms with Crippen LogP contribution in [0.15, 0.2) is 30.3 Å². The third-order valence-electron chi connectivity index (χ3n) is 4.62. The molecule has 0 saturated heterocycles. The van der Waals surface area contributed by atoms with Crippen LogP contribution in [0, 0.1) is 17.8 Å². The SMILES string of the molecule is CC1CCC(=O)[C@@H]1[C@H](O)[C@H](C)CC(=O)NCc1ccccc1. The number of aliphatic hydroxyl groups excluding tert-OH is 1. The Balaban J connectivity index is 1.81. The Kier molecular flexibility index (Phi) is 5.72. The van der Waals surface area contributed by atoms with Crippen LogP contribution < -0.4 is 5.32 Å². The van der Waals surface area contributed by atoms with Crippen LogP contribution in [-0.4, -0.2) is 22.9 Å². The zero-order valence-electron chi connectivity index (χ0n) is 13.3. The summed E-state index contributed by atoms with van der Waals surface area (Å²) in [5.41, 5.74) is 1.05. The molecule has 1 fully saturated rings. The van der Waals surface area contributed by atoms with E-state index >= 15 is 0 Å². The number of ketones is 1. The van der Waals surface area contributed by atoms with Gasteiger partial charge in [0.2, 0.25) is 5.91 Å². The molecule has 1 unspecified atom stereocenters. The molecule has 1 saturated carbocycles. The van der Waals surface area contributed by atoms with Gasteiger partial charge in [-0.15, -0.1) is 0 Å². The fraction of sp³-hybridized carbons (Fsp3) is 0.556. The summed E-state index contributed by atoms with van der Waals surface area (Å²) in [6.07, 6.45) is 0.904. The molecule has 4 atom stereocenters. The van der Waals surface area contributed by atoms with E-state index in [0.29, 0.717) is 13.0 Å². The zero-order valence-corrected chi connectivity index (χ0v) is 13.3. The molecular weight excluding hydrogens is 278 g/mol. The molecule has 0 aromatic heterocycles. The average Bonchev–Trinajstić information content (AvgIpc) is 2.84. The predicted octanol–water partition coefficient (Wildman–Crippen LogP) is 2.31. The summed E-state index contributed by atoms with van der Waals surface area (Å²) in [4.78, 5) is 23.9. The number of aliphatic hydroxyl groups is 1. The molecule has 4 heteroatoms. The van der Waals surface area contributed by atoms with E-state index in [1.165, 1.54) is 0 Å². The van der Waals surface area contributed by atoms with Gasteiger partial charge in [0.25, 0.3) is 0 Å². The van der Waals surface area contributed by atoms with Crippen molar-refractivity contribution in [3.63, 3.8) is 0 Å². The highest BCUT2D eigenvalue weighted by Gasteiger charge is 2.39. The smallest absolute Gasteiger partial charge is 0.220 e. The van der Waals surface area contributed by atoms with Crippen molar-refractivity contribution >= 4 is 11.7 Å². The van der Waals surface area contributed by atoms with Gasteiger partial charge in [-0.1, -0.05) is 44.2 Å². The van der Waals surface area contributed by atoms with E-state index in [2.05, 4.69) is 5.32 Å². The minimum Gasteiger partial charge on any atom is -0.392 e. The number of carbonyl (C=O) groups excluding carboxylic acids is 2. The van der Waals surface area contributed by atoms with Crippen LogP contribution >= 0.6 is 0 Å². The Morgan fingerprint density at radius 1 is 1.36 bits per heavy atom. The summed E-state index contributed by atoms with van der Waals surface area (Å²) in [5, 5.41) is 13.3. The second-order valence-corrected chi connectivity index (χ2v) is 6.44. The van der Waals surface area contributed by atoms with Gasteiger partial charge in [0.15, 0.2) is 0 Å². The van der Waals surface area contributed by atoms with Gasteiger partial charge in [-0.25, -0.2) is 0 Å².